The number of ether oxygens (including phenoxy) is 4. The summed E-state index contributed by atoms with van der Waals surface area (Å²) in [6.07, 6.45) is 2.97. The van der Waals surface area contributed by atoms with E-state index in [1.165, 1.54) is 6.08 Å². The van der Waals surface area contributed by atoms with Crippen LogP contribution >= 0.6 is 0 Å². The summed E-state index contributed by atoms with van der Waals surface area (Å²) in [5, 5.41) is 0. The number of benzene rings is 2. The van der Waals surface area contributed by atoms with Crippen LogP contribution in [-0.2, 0) is 4.79 Å². The van der Waals surface area contributed by atoms with Gasteiger partial charge in [-0.2, -0.15) is 0 Å². The van der Waals surface area contributed by atoms with Gasteiger partial charge < -0.3 is 18.9 Å². The molecular formula is C18H18O5. The molecule has 0 N–H and O–H groups in total. The van der Waals surface area contributed by atoms with E-state index in [0.717, 1.165) is 5.56 Å². The zero-order chi connectivity index (χ0) is 16.7. The summed E-state index contributed by atoms with van der Waals surface area (Å²) >= 11 is 0. The molecule has 0 bridgehead atoms. The van der Waals surface area contributed by atoms with Crippen molar-refractivity contribution in [1.29, 1.82) is 0 Å². The molecule has 0 aromatic heterocycles. The quantitative estimate of drug-likeness (QED) is 0.465. The molecule has 0 saturated carbocycles. The van der Waals surface area contributed by atoms with Crippen molar-refractivity contribution in [3.63, 3.8) is 0 Å². The minimum Gasteiger partial charge on any atom is -0.497 e. The molecule has 0 aliphatic heterocycles. The number of hydrogen-bond acceptors (Lipinski definition) is 5. The fraction of sp³-hybridized carbons (Fsp3) is 0.167. The maximum atomic E-state index is 11.9. The molecule has 5 nitrogen and oxygen atoms in total. The lowest BCUT2D eigenvalue weighted by molar-refractivity contribution is -0.128. The van der Waals surface area contributed by atoms with Gasteiger partial charge in [0.25, 0.3) is 0 Å². The lowest BCUT2D eigenvalue weighted by Gasteiger charge is -2.07. The van der Waals surface area contributed by atoms with Crippen LogP contribution in [0.5, 0.6) is 23.0 Å². The zero-order valence-electron chi connectivity index (χ0n) is 13.2. The van der Waals surface area contributed by atoms with Crippen LogP contribution < -0.4 is 18.9 Å². The van der Waals surface area contributed by atoms with Crippen LogP contribution in [-0.4, -0.2) is 27.3 Å². The Bertz CT molecular complexity index is 689. The molecule has 0 radical (unpaired) electrons. The Labute approximate surface area is 135 Å². The molecule has 0 unspecified atom stereocenters. The topological polar surface area (TPSA) is 54.0 Å². The summed E-state index contributed by atoms with van der Waals surface area (Å²) in [6, 6.07) is 12.1. The van der Waals surface area contributed by atoms with Crippen molar-refractivity contribution >= 4 is 12.0 Å². The van der Waals surface area contributed by atoms with Crippen LogP contribution in [0.3, 0.4) is 0 Å². The molecule has 120 valence electrons. The van der Waals surface area contributed by atoms with Gasteiger partial charge >= 0.3 is 5.97 Å². The highest BCUT2D eigenvalue weighted by Gasteiger charge is 2.04. The van der Waals surface area contributed by atoms with Crippen molar-refractivity contribution in [2.75, 3.05) is 21.3 Å². The van der Waals surface area contributed by atoms with Crippen molar-refractivity contribution in [2.45, 2.75) is 0 Å². The van der Waals surface area contributed by atoms with Crippen LogP contribution in [0.4, 0.5) is 0 Å². The largest absolute Gasteiger partial charge is 0.497 e. The molecule has 5 heteroatoms. The van der Waals surface area contributed by atoms with Gasteiger partial charge in [-0.3, -0.25) is 0 Å². The van der Waals surface area contributed by atoms with Crippen molar-refractivity contribution in [1.82, 2.24) is 0 Å². The molecule has 0 spiro atoms. The third kappa shape index (κ3) is 4.51. The van der Waals surface area contributed by atoms with E-state index in [-0.39, 0.29) is 0 Å². The Morgan fingerprint density at radius 1 is 0.826 bits per heavy atom. The van der Waals surface area contributed by atoms with Crippen molar-refractivity contribution < 1.29 is 23.7 Å². The Morgan fingerprint density at radius 2 is 1.43 bits per heavy atom. The average Bonchev–Trinajstić information content (AvgIpc) is 2.60. The summed E-state index contributed by atoms with van der Waals surface area (Å²) in [5.41, 5.74) is 0.750. The Morgan fingerprint density at radius 3 is 2.04 bits per heavy atom. The minimum absolute atomic E-state index is 0.446. The molecule has 0 saturated heterocycles. The second-order valence-corrected chi connectivity index (χ2v) is 4.54. The van der Waals surface area contributed by atoms with Gasteiger partial charge in [0, 0.05) is 17.7 Å². The molecule has 2 aromatic rings. The molecule has 2 aromatic carbocycles. The highest BCUT2D eigenvalue weighted by Crippen LogP contribution is 2.25. The number of hydrogen-bond donors (Lipinski definition) is 0. The second kappa shape index (κ2) is 7.89. The first-order valence-corrected chi connectivity index (χ1v) is 6.92. The van der Waals surface area contributed by atoms with E-state index in [9.17, 15) is 4.79 Å². The van der Waals surface area contributed by atoms with Crippen LogP contribution in [0.2, 0.25) is 0 Å². The standard InChI is InChI=1S/C18H18O5/c1-20-14-7-9-15(10-8-14)23-18(19)11-5-13-4-6-16(21-2)12-17(13)22-3/h4-12H,1-3H3. The second-order valence-electron chi connectivity index (χ2n) is 4.54. The lowest BCUT2D eigenvalue weighted by Crippen LogP contribution is -2.03. The van der Waals surface area contributed by atoms with Gasteiger partial charge in [-0.15, -0.1) is 0 Å². The fourth-order valence-electron chi connectivity index (χ4n) is 1.91. The Hall–Kier alpha value is -2.95. The monoisotopic (exact) mass is 314 g/mol. The first-order chi connectivity index (χ1) is 11.2. The molecule has 0 aliphatic carbocycles. The lowest BCUT2D eigenvalue weighted by atomic mass is 10.2. The first kappa shape index (κ1) is 16.4. The number of esters is 1. The summed E-state index contributed by atoms with van der Waals surface area (Å²) in [4.78, 5) is 11.9. The van der Waals surface area contributed by atoms with Crippen LogP contribution in [0.15, 0.2) is 48.5 Å². The van der Waals surface area contributed by atoms with Gasteiger partial charge in [0.1, 0.15) is 23.0 Å². The maximum Gasteiger partial charge on any atom is 0.336 e. The molecule has 0 heterocycles. The summed E-state index contributed by atoms with van der Waals surface area (Å²) < 4.78 is 20.6. The fourth-order valence-corrected chi connectivity index (χ4v) is 1.91. The third-order valence-electron chi connectivity index (χ3n) is 3.12. The molecule has 0 amide bonds. The van der Waals surface area contributed by atoms with E-state index >= 15 is 0 Å². The zero-order valence-corrected chi connectivity index (χ0v) is 13.2. The normalized spacial score (nSPS) is 10.4. The molecule has 2 rings (SSSR count). The predicted octanol–water partition coefficient (Wildman–Crippen LogP) is 3.33. The van der Waals surface area contributed by atoms with Gasteiger partial charge in [-0.05, 0) is 42.5 Å². The van der Waals surface area contributed by atoms with Gasteiger partial charge in [-0.25, -0.2) is 4.79 Å². The molecule has 0 aliphatic rings. The number of carbonyl (C=O) groups excluding carboxylic acids is 1. The molecular weight excluding hydrogens is 296 g/mol. The average molecular weight is 314 g/mol. The van der Waals surface area contributed by atoms with Crippen molar-refractivity contribution in [3.8, 4) is 23.0 Å². The van der Waals surface area contributed by atoms with E-state index < -0.39 is 5.97 Å². The van der Waals surface area contributed by atoms with Crippen LogP contribution in [0.25, 0.3) is 6.08 Å². The summed E-state index contributed by atoms with van der Waals surface area (Å²) in [6.45, 7) is 0. The SMILES string of the molecule is COc1ccc(OC(=O)C=Cc2ccc(OC)cc2OC)cc1. The van der Waals surface area contributed by atoms with Crippen molar-refractivity contribution in [3.05, 3.63) is 54.1 Å². The van der Waals surface area contributed by atoms with Gasteiger partial charge in [-0.1, -0.05) is 0 Å². The number of rotatable bonds is 6. The predicted molar refractivity (Wildman–Crippen MR) is 87.2 cm³/mol. The Balaban J connectivity index is 2.05. The highest BCUT2D eigenvalue weighted by atomic mass is 16.5. The highest BCUT2D eigenvalue weighted by molar-refractivity contribution is 5.89. The molecule has 0 fully saturated rings. The molecule has 0 atom stereocenters. The van der Waals surface area contributed by atoms with Gasteiger partial charge in [0.2, 0.25) is 0 Å². The van der Waals surface area contributed by atoms with E-state index in [0.29, 0.717) is 23.0 Å². The van der Waals surface area contributed by atoms with E-state index in [1.54, 1.807) is 69.9 Å². The number of carbonyl (C=O) groups is 1. The smallest absolute Gasteiger partial charge is 0.336 e. The maximum absolute atomic E-state index is 11.9. The van der Waals surface area contributed by atoms with Crippen molar-refractivity contribution in [2.24, 2.45) is 0 Å². The van der Waals surface area contributed by atoms with E-state index in [4.69, 9.17) is 18.9 Å². The Kier molecular flexibility index (Phi) is 5.63. The molecule has 23 heavy (non-hydrogen) atoms. The summed E-state index contributed by atoms with van der Waals surface area (Å²) in [5.74, 6) is 1.95. The van der Waals surface area contributed by atoms with Gasteiger partial charge in [0.05, 0.1) is 21.3 Å². The minimum atomic E-state index is -0.479. The third-order valence-corrected chi connectivity index (χ3v) is 3.12. The van der Waals surface area contributed by atoms with Crippen LogP contribution in [0.1, 0.15) is 5.56 Å². The first-order valence-electron chi connectivity index (χ1n) is 6.92. The van der Waals surface area contributed by atoms with Gasteiger partial charge in [0.15, 0.2) is 0 Å². The summed E-state index contributed by atoms with van der Waals surface area (Å²) in [7, 11) is 4.71. The van der Waals surface area contributed by atoms with E-state index in [2.05, 4.69) is 0 Å². The van der Waals surface area contributed by atoms with E-state index in [1.807, 2.05) is 0 Å². The number of methoxy groups -OCH3 is 3. The van der Waals surface area contributed by atoms with Crippen LogP contribution in [0, 0.1) is 0 Å².